The molecule has 110 valence electrons. The van der Waals surface area contributed by atoms with E-state index in [1.165, 1.54) is 12.8 Å². The fraction of sp³-hybridized carbons (Fsp3) is 0.562. The number of benzene rings is 1. The Kier molecular flexibility index (Phi) is 5.35. The lowest BCUT2D eigenvalue weighted by Gasteiger charge is -2.28. The van der Waals surface area contributed by atoms with Crippen molar-refractivity contribution in [3.8, 4) is 0 Å². The van der Waals surface area contributed by atoms with Gasteiger partial charge in [0.15, 0.2) is 0 Å². The van der Waals surface area contributed by atoms with Gasteiger partial charge in [-0.15, -0.1) is 0 Å². The van der Waals surface area contributed by atoms with Crippen LogP contribution < -0.4 is 10.6 Å². The zero-order valence-corrected chi connectivity index (χ0v) is 13.3. The van der Waals surface area contributed by atoms with Gasteiger partial charge in [0.25, 0.3) is 5.91 Å². The molecule has 20 heavy (non-hydrogen) atoms. The first kappa shape index (κ1) is 15.2. The third-order valence-corrected chi connectivity index (χ3v) is 5.08. The number of rotatable bonds is 4. The van der Waals surface area contributed by atoms with Crippen molar-refractivity contribution in [2.24, 2.45) is 0 Å². The summed E-state index contributed by atoms with van der Waals surface area (Å²) in [6.45, 7) is 2.03. The maximum Gasteiger partial charge on any atom is 0.253 e. The minimum absolute atomic E-state index is 0.0427. The van der Waals surface area contributed by atoms with Gasteiger partial charge < -0.3 is 10.6 Å². The highest BCUT2D eigenvalue weighted by molar-refractivity contribution is 7.99. The summed E-state index contributed by atoms with van der Waals surface area (Å²) in [7, 11) is 1.86. The maximum absolute atomic E-state index is 12.4. The molecule has 1 fully saturated rings. The fourth-order valence-electron chi connectivity index (χ4n) is 2.82. The largest absolute Gasteiger partial charge is 0.387 e. The van der Waals surface area contributed by atoms with Crippen LogP contribution in [0.2, 0.25) is 0 Å². The third-order valence-electron chi connectivity index (χ3n) is 3.98. The molecule has 2 N–H and O–H groups in total. The topological polar surface area (TPSA) is 41.1 Å². The van der Waals surface area contributed by atoms with E-state index >= 15 is 0 Å². The Bertz CT molecular complexity index is 476. The van der Waals surface area contributed by atoms with E-state index in [1.807, 2.05) is 43.9 Å². The van der Waals surface area contributed by atoms with Crippen LogP contribution in [-0.4, -0.2) is 30.5 Å². The second-order valence-electron chi connectivity index (χ2n) is 5.49. The van der Waals surface area contributed by atoms with Crippen LogP contribution in [0.25, 0.3) is 0 Å². The predicted molar refractivity (Wildman–Crippen MR) is 87.8 cm³/mol. The van der Waals surface area contributed by atoms with E-state index < -0.39 is 0 Å². The van der Waals surface area contributed by atoms with Crippen LogP contribution in [0, 0.1) is 6.92 Å². The third kappa shape index (κ3) is 3.69. The van der Waals surface area contributed by atoms with Gasteiger partial charge in [-0.2, -0.15) is 11.8 Å². The van der Waals surface area contributed by atoms with Crippen molar-refractivity contribution < 1.29 is 4.79 Å². The highest BCUT2D eigenvalue weighted by Crippen LogP contribution is 2.27. The summed E-state index contributed by atoms with van der Waals surface area (Å²) in [5.41, 5.74) is 2.80. The highest BCUT2D eigenvalue weighted by Gasteiger charge is 2.23. The number of carbonyl (C=O) groups excluding carboxylic acids is 1. The van der Waals surface area contributed by atoms with Gasteiger partial charge in [-0.1, -0.05) is 12.5 Å². The van der Waals surface area contributed by atoms with Crippen molar-refractivity contribution in [2.75, 3.05) is 18.6 Å². The van der Waals surface area contributed by atoms with Gasteiger partial charge >= 0.3 is 0 Å². The zero-order chi connectivity index (χ0) is 14.5. The minimum atomic E-state index is 0.0427. The Morgan fingerprint density at radius 1 is 1.35 bits per heavy atom. The smallest absolute Gasteiger partial charge is 0.253 e. The standard InChI is InChI=1S/C16H24N2OS/c1-11-7-8-14(15(9-11)17-2)16(19)18-12-5-4-6-13(10-12)20-3/h7-9,12-13,17H,4-6,10H2,1-3H3,(H,18,19). The first-order valence-electron chi connectivity index (χ1n) is 7.26. The number of amides is 1. The van der Waals surface area contributed by atoms with Crippen LogP contribution in [0.4, 0.5) is 5.69 Å². The number of hydrogen-bond acceptors (Lipinski definition) is 3. The summed E-state index contributed by atoms with van der Waals surface area (Å²) in [4.78, 5) is 12.4. The number of nitrogens with one attached hydrogen (secondary N) is 2. The molecule has 0 aliphatic heterocycles. The van der Waals surface area contributed by atoms with Gasteiger partial charge in [0.05, 0.1) is 5.56 Å². The molecule has 1 aromatic rings. The summed E-state index contributed by atoms with van der Waals surface area (Å²) in [5.74, 6) is 0.0427. The summed E-state index contributed by atoms with van der Waals surface area (Å²) in [5, 5.41) is 7.00. The van der Waals surface area contributed by atoms with E-state index in [0.29, 0.717) is 11.3 Å². The van der Waals surface area contributed by atoms with Gasteiger partial charge in [-0.05, 0) is 50.1 Å². The molecule has 3 nitrogen and oxygen atoms in total. The molecule has 1 aliphatic carbocycles. The summed E-state index contributed by atoms with van der Waals surface area (Å²) < 4.78 is 0. The Morgan fingerprint density at radius 3 is 2.85 bits per heavy atom. The van der Waals surface area contributed by atoms with Crippen LogP contribution in [-0.2, 0) is 0 Å². The maximum atomic E-state index is 12.4. The molecule has 0 heterocycles. The molecule has 0 spiro atoms. The molecule has 2 atom stereocenters. The Balaban J connectivity index is 2.04. The van der Waals surface area contributed by atoms with Crippen molar-refractivity contribution >= 4 is 23.4 Å². The summed E-state index contributed by atoms with van der Waals surface area (Å²) >= 11 is 1.92. The zero-order valence-electron chi connectivity index (χ0n) is 12.5. The lowest BCUT2D eigenvalue weighted by molar-refractivity contribution is 0.0929. The van der Waals surface area contributed by atoms with Gasteiger partial charge in [0, 0.05) is 24.0 Å². The normalized spacial score (nSPS) is 22.4. The van der Waals surface area contributed by atoms with Crippen molar-refractivity contribution in [3.05, 3.63) is 29.3 Å². The Hall–Kier alpha value is -1.16. The lowest BCUT2D eigenvalue weighted by Crippen LogP contribution is -2.39. The minimum Gasteiger partial charge on any atom is -0.387 e. The van der Waals surface area contributed by atoms with Gasteiger partial charge in [0.2, 0.25) is 0 Å². The number of hydrogen-bond donors (Lipinski definition) is 2. The molecule has 0 bridgehead atoms. The van der Waals surface area contributed by atoms with Crippen molar-refractivity contribution in [1.82, 2.24) is 5.32 Å². The molecular weight excluding hydrogens is 268 g/mol. The average Bonchev–Trinajstić information content (AvgIpc) is 2.47. The van der Waals surface area contributed by atoms with Crippen molar-refractivity contribution in [1.29, 1.82) is 0 Å². The van der Waals surface area contributed by atoms with Crippen LogP contribution in [0.5, 0.6) is 0 Å². The monoisotopic (exact) mass is 292 g/mol. The summed E-state index contributed by atoms with van der Waals surface area (Å²) in [6, 6.07) is 6.23. The highest BCUT2D eigenvalue weighted by atomic mass is 32.2. The van der Waals surface area contributed by atoms with E-state index in [9.17, 15) is 4.79 Å². The molecule has 1 aromatic carbocycles. The molecule has 2 rings (SSSR count). The van der Waals surface area contributed by atoms with E-state index in [2.05, 4.69) is 16.9 Å². The van der Waals surface area contributed by atoms with Crippen LogP contribution in [0.1, 0.15) is 41.6 Å². The molecule has 2 unspecified atom stereocenters. The first-order chi connectivity index (χ1) is 9.63. The van der Waals surface area contributed by atoms with Crippen LogP contribution in [0.3, 0.4) is 0 Å². The Morgan fingerprint density at radius 2 is 2.15 bits per heavy atom. The van der Waals surface area contributed by atoms with Gasteiger partial charge in [-0.3, -0.25) is 4.79 Å². The molecule has 0 aromatic heterocycles. The molecule has 0 radical (unpaired) electrons. The van der Waals surface area contributed by atoms with E-state index in [0.717, 1.165) is 29.7 Å². The first-order valence-corrected chi connectivity index (χ1v) is 8.55. The number of aryl methyl sites for hydroxylation is 1. The van der Waals surface area contributed by atoms with Crippen LogP contribution >= 0.6 is 11.8 Å². The number of carbonyl (C=O) groups is 1. The van der Waals surface area contributed by atoms with Crippen molar-refractivity contribution in [3.63, 3.8) is 0 Å². The Labute approximate surface area is 125 Å². The van der Waals surface area contributed by atoms with Gasteiger partial charge in [-0.25, -0.2) is 0 Å². The second-order valence-corrected chi connectivity index (χ2v) is 6.63. The molecular formula is C16H24N2OS. The quantitative estimate of drug-likeness (QED) is 0.893. The van der Waals surface area contributed by atoms with E-state index in [-0.39, 0.29) is 5.91 Å². The number of thioether (sulfide) groups is 1. The second kappa shape index (κ2) is 7.02. The predicted octanol–water partition coefficient (Wildman–Crippen LogP) is 3.44. The van der Waals surface area contributed by atoms with E-state index in [1.54, 1.807) is 0 Å². The lowest BCUT2D eigenvalue weighted by atomic mass is 9.94. The van der Waals surface area contributed by atoms with Crippen molar-refractivity contribution in [2.45, 2.75) is 43.9 Å². The summed E-state index contributed by atoms with van der Waals surface area (Å²) in [6.07, 6.45) is 6.84. The molecule has 4 heteroatoms. The SMILES string of the molecule is CNc1cc(C)ccc1C(=O)NC1CCCC(SC)C1. The molecule has 1 saturated carbocycles. The fourth-order valence-corrected chi connectivity index (χ4v) is 3.64. The molecule has 1 amide bonds. The molecule has 1 aliphatic rings. The number of anilines is 1. The molecule has 0 saturated heterocycles. The van der Waals surface area contributed by atoms with Crippen LogP contribution in [0.15, 0.2) is 18.2 Å². The average molecular weight is 292 g/mol. The van der Waals surface area contributed by atoms with Gasteiger partial charge in [0.1, 0.15) is 0 Å². The van der Waals surface area contributed by atoms with E-state index in [4.69, 9.17) is 0 Å².